The molecule has 1 atom stereocenters. The van der Waals surface area contributed by atoms with Gasteiger partial charge in [0.25, 0.3) is 0 Å². The van der Waals surface area contributed by atoms with Crippen molar-refractivity contribution < 1.29 is 4.74 Å². The van der Waals surface area contributed by atoms with Crippen molar-refractivity contribution in [1.29, 1.82) is 0 Å². The van der Waals surface area contributed by atoms with Crippen molar-refractivity contribution in [3.63, 3.8) is 0 Å². The molecular weight excluding hydrogens is 224 g/mol. The fourth-order valence-corrected chi connectivity index (χ4v) is 2.14. The number of hydrogen-bond acceptors (Lipinski definition) is 3. The molecule has 100 valence electrons. The molecule has 1 aliphatic carbocycles. The van der Waals surface area contributed by atoms with Crippen LogP contribution in [0.4, 0.5) is 11.4 Å². The highest BCUT2D eigenvalue weighted by molar-refractivity contribution is 5.59. The van der Waals surface area contributed by atoms with Gasteiger partial charge in [0.2, 0.25) is 0 Å². The molecule has 0 spiro atoms. The number of nitrogens with one attached hydrogen (secondary N) is 1. The Morgan fingerprint density at radius 1 is 1.39 bits per heavy atom. The van der Waals surface area contributed by atoms with E-state index in [-0.39, 0.29) is 0 Å². The molecule has 1 aromatic rings. The van der Waals surface area contributed by atoms with Gasteiger partial charge in [0, 0.05) is 30.1 Å². The summed E-state index contributed by atoms with van der Waals surface area (Å²) in [5.74, 6) is 2.53. The molecule has 2 rings (SSSR count). The molecule has 3 nitrogen and oxygen atoms in total. The largest absolute Gasteiger partial charge is 0.493 e. The maximum Gasteiger partial charge on any atom is 0.123 e. The highest BCUT2D eigenvalue weighted by Crippen LogP contribution is 2.36. The molecule has 1 saturated carbocycles. The zero-order chi connectivity index (χ0) is 13.0. The smallest absolute Gasteiger partial charge is 0.123 e. The number of nitrogens with two attached hydrogens (primary N) is 1. The third-order valence-electron chi connectivity index (χ3n) is 3.46. The van der Waals surface area contributed by atoms with Crippen molar-refractivity contribution in [3.8, 4) is 5.75 Å². The van der Waals surface area contributed by atoms with E-state index in [1.807, 2.05) is 18.2 Å². The van der Waals surface area contributed by atoms with Crippen LogP contribution >= 0.6 is 0 Å². The van der Waals surface area contributed by atoms with E-state index in [1.165, 1.54) is 12.8 Å². The molecule has 0 bridgehead atoms. The van der Waals surface area contributed by atoms with Crippen LogP contribution in [0, 0.1) is 11.8 Å². The van der Waals surface area contributed by atoms with Gasteiger partial charge in [0.05, 0.1) is 6.61 Å². The maximum atomic E-state index is 5.89. The summed E-state index contributed by atoms with van der Waals surface area (Å²) in [4.78, 5) is 0. The normalized spacial score (nSPS) is 16.3. The first kappa shape index (κ1) is 13.1. The van der Waals surface area contributed by atoms with E-state index in [2.05, 4.69) is 19.2 Å². The first-order chi connectivity index (χ1) is 8.69. The van der Waals surface area contributed by atoms with Gasteiger partial charge in [-0.05, 0) is 37.2 Å². The number of ether oxygens (including phenoxy) is 1. The number of benzene rings is 1. The van der Waals surface area contributed by atoms with Gasteiger partial charge in [0.15, 0.2) is 0 Å². The summed E-state index contributed by atoms with van der Waals surface area (Å²) in [6.07, 6.45) is 3.80. The molecule has 0 heterocycles. The molecule has 0 amide bonds. The predicted molar refractivity (Wildman–Crippen MR) is 77.0 cm³/mol. The summed E-state index contributed by atoms with van der Waals surface area (Å²) in [5, 5.41) is 3.46. The average Bonchev–Trinajstić information content (AvgIpc) is 3.17. The van der Waals surface area contributed by atoms with Gasteiger partial charge in [-0.2, -0.15) is 0 Å². The van der Waals surface area contributed by atoms with E-state index in [0.29, 0.717) is 0 Å². The molecule has 0 aromatic heterocycles. The van der Waals surface area contributed by atoms with E-state index in [1.54, 1.807) is 0 Å². The summed E-state index contributed by atoms with van der Waals surface area (Å²) in [5.41, 5.74) is 7.71. The fourth-order valence-electron chi connectivity index (χ4n) is 2.14. The molecule has 1 fully saturated rings. The molecule has 0 radical (unpaired) electrons. The summed E-state index contributed by atoms with van der Waals surface area (Å²) < 4.78 is 5.62. The lowest BCUT2D eigenvalue weighted by Crippen LogP contribution is -2.13. The average molecular weight is 248 g/mol. The fraction of sp³-hybridized carbons (Fsp3) is 0.600. The summed E-state index contributed by atoms with van der Waals surface area (Å²) in [6.45, 7) is 6.16. The lowest BCUT2D eigenvalue weighted by atomic mass is 10.1. The van der Waals surface area contributed by atoms with Crippen LogP contribution in [-0.4, -0.2) is 13.2 Å². The maximum absolute atomic E-state index is 5.89. The van der Waals surface area contributed by atoms with Crippen LogP contribution in [0.2, 0.25) is 0 Å². The molecule has 0 aliphatic heterocycles. The van der Waals surface area contributed by atoms with Gasteiger partial charge < -0.3 is 15.8 Å². The monoisotopic (exact) mass is 248 g/mol. The van der Waals surface area contributed by atoms with E-state index in [9.17, 15) is 0 Å². The quantitative estimate of drug-likeness (QED) is 0.726. The van der Waals surface area contributed by atoms with Crippen LogP contribution in [0.3, 0.4) is 0 Å². The zero-order valence-electron chi connectivity index (χ0n) is 11.4. The van der Waals surface area contributed by atoms with Gasteiger partial charge >= 0.3 is 0 Å². The van der Waals surface area contributed by atoms with Crippen LogP contribution in [0.15, 0.2) is 18.2 Å². The lowest BCUT2D eigenvalue weighted by molar-refractivity contribution is 0.318. The zero-order valence-corrected chi connectivity index (χ0v) is 11.4. The Kier molecular flexibility index (Phi) is 4.34. The third-order valence-corrected chi connectivity index (χ3v) is 3.46. The number of anilines is 2. The van der Waals surface area contributed by atoms with Crippen LogP contribution < -0.4 is 15.8 Å². The first-order valence-electron chi connectivity index (χ1n) is 6.96. The predicted octanol–water partition coefficient (Wildman–Crippen LogP) is 3.52. The minimum Gasteiger partial charge on any atom is -0.493 e. The number of hydrogen-bond donors (Lipinski definition) is 2. The molecule has 1 aliphatic rings. The van der Waals surface area contributed by atoms with Crippen molar-refractivity contribution in [2.24, 2.45) is 11.8 Å². The second kappa shape index (κ2) is 5.98. The summed E-state index contributed by atoms with van der Waals surface area (Å²) >= 11 is 0. The van der Waals surface area contributed by atoms with Crippen LogP contribution in [0.1, 0.15) is 33.1 Å². The Morgan fingerprint density at radius 3 is 2.83 bits per heavy atom. The van der Waals surface area contributed by atoms with Gasteiger partial charge in [-0.25, -0.2) is 0 Å². The van der Waals surface area contributed by atoms with Gasteiger partial charge in [-0.1, -0.05) is 13.8 Å². The first-order valence-corrected chi connectivity index (χ1v) is 6.96. The molecule has 3 N–H and O–H groups in total. The van der Waals surface area contributed by atoms with Crippen molar-refractivity contribution in [2.45, 2.75) is 33.1 Å². The highest BCUT2D eigenvalue weighted by Gasteiger charge is 2.27. The second-order valence-corrected chi connectivity index (χ2v) is 5.33. The van der Waals surface area contributed by atoms with Crippen LogP contribution in [-0.2, 0) is 0 Å². The van der Waals surface area contributed by atoms with E-state index >= 15 is 0 Å². The SMILES string of the molecule is CCCOc1cc(N)cc(NCC(C)C2CC2)c1. The molecule has 1 unspecified atom stereocenters. The molecule has 18 heavy (non-hydrogen) atoms. The van der Waals surface area contributed by atoms with Crippen LogP contribution in [0.5, 0.6) is 5.75 Å². The molecule has 0 saturated heterocycles. The Balaban J connectivity index is 1.91. The minimum atomic E-state index is 0.737. The second-order valence-electron chi connectivity index (χ2n) is 5.33. The number of rotatable bonds is 7. The van der Waals surface area contributed by atoms with Gasteiger partial charge in [-0.3, -0.25) is 0 Å². The van der Waals surface area contributed by atoms with E-state index in [0.717, 1.165) is 48.5 Å². The van der Waals surface area contributed by atoms with E-state index < -0.39 is 0 Å². The van der Waals surface area contributed by atoms with Crippen molar-refractivity contribution in [3.05, 3.63) is 18.2 Å². The third kappa shape index (κ3) is 3.83. The Labute approximate surface area is 110 Å². The molecular formula is C15H24N2O. The Hall–Kier alpha value is -1.38. The van der Waals surface area contributed by atoms with Crippen molar-refractivity contribution in [2.75, 3.05) is 24.2 Å². The minimum absolute atomic E-state index is 0.737. The van der Waals surface area contributed by atoms with Gasteiger partial charge in [0.1, 0.15) is 5.75 Å². The van der Waals surface area contributed by atoms with Crippen LogP contribution in [0.25, 0.3) is 0 Å². The van der Waals surface area contributed by atoms with Crippen molar-refractivity contribution in [1.82, 2.24) is 0 Å². The summed E-state index contributed by atoms with van der Waals surface area (Å²) in [6, 6.07) is 5.88. The Morgan fingerprint density at radius 2 is 2.17 bits per heavy atom. The topological polar surface area (TPSA) is 47.3 Å². The van der Waals surface area contributed by atoms with Gasteiger partial charge in [-0.15, -0.1) is 0 Å². The molecule has 3 heteroatoms. The lowest BCUT2D eigenvalue weighted by Gasteiger charge is -2.14. The van der Waals surface area contributed by atoms with Crippen molar-refractivity contribution >= 4 is 11.4 Å². The highest BCUT2D eigenvalue weighted by atomic mass is 16.5. The summed E-state index contributed by atoms with van der Waals surface area (Å²) in [7, 11) is 0. The van der Waals surface area contributed by atoms with E-state index in [4.69, 9.17) is 10.5 Å². The Bertz CT molecular complexity index is 388. The standard InChI is InChI=1S/C15H24N2O/c1-3-6-18-15-8-13(16)7-14(9-15)17-10-11(2)12-4-5-12/h7-9,11-12,17H,3-6,10,16H2,1-2H3. The number of nitrogen functional groups attached to an aromatic ring is 1. The molecule has 1 aromatic carbocycles.